The molecule has 1 rings (SSSR count). The summed E-state index contributed by atoms with van der Waals surface area (Å²) in [6.07, 6.45) is 3.78. The molecule has 1 aromatic carbocycles. The van der Waals surface area contributed by atoms with E-state index in [4.69, 9.17) is 0 Å². The molecule has 0 spiro atoms. The predicted molar refractivity (Wildman–Crippen MR) is 52.2 cm³/mol. The standard InChI is InChI=1S/C10H7Br/c11-9-5-4-8-10-6-2-1-3-7-10/h1-4,6-8H/b8-4+. The number of halogens is 1. The van der Waals surface area contributed by atoms with E-state index in [0.717, 1.165) is 0 Å². The van der Waals surface area contributed by atoms with Crippen molar-refractivity contribution in [2.75, 3.05) is 0 Å². The molecule has 0 saturated carbocycles. The molecule has 0 saturated heterocycles. The lowest BCUT2D eigenvalue weighted by molar-refractivity contribution is 1.66. The highest BCUT2D eigenvalue weighted by Crippen LogP contribution is 1.99. The van der Waals surface area contributed by atoms with Gasteiger partial charge in [0.25, 0.3) is 0 Å². The first-order chi connectivity index (χ1) is 5.43. The molecule has 11 heavy (non-hydrogen) atoms. The van der Waals surface area contributed by atoms with E-state index in [1.54, 1.807) is 0 Å². The van der Waals surface area contributed by atoms with E-state index >= 15 is 0 Å². The summed E-state index contributed by atoms with van der Waals surface area (Å²) in [5.41, 5.74) is 1.17. The summed E-state index contributed by atoms with van der Waals surface area (Å²) in [4.78, 5) is 2.61. The minimum absolute atomic E-state index is 1.17. The van der Waals surface area contributed by atoms with Gasteiger partial charge in [-0.3, -0.25) is 0 Å². The molecule has 0 heterocycles. The largest absolute Gasteiger partial charge is 0.0625 e. The lowest BCUT2D eigenvalue weighted by atomic mass is 10.2. The Bertz CT molecular complexity index is 288. The molecule has 1 aromatic rings. The molecule has 0 unspecified atom stereocenters. The van der Waals surface area contributed by atoms with Gasteiger partial charge in [-0.05, 0) is 22.5 Å². The van der Waals surface area contributed by atoms with Crippen LogP contribution >= 0.6 is 15.9 Å². The van der Waals surface area contributed by atoms with Crippen LogP contribution in [-0.2, 0) is 0 Å². The van der Waals surface area contributed by atoms with E-state index in [1.165, 1.54) is 5.56 Å². The minimum Gasteiger partial charge on any atom is -0.0625 e. The van der Waals surface area contributed by atoms with E-state index in [9.17, 15) is 0 Å². The number of benzene rings is 1. The van der Waals surface area contributed by atoms with Crippen molar-refractivity contribution >= 4 is 22.0 Å². The molecular formula is C10H7Br. The Morgan fingerprint density at radius 1 is 1.18 bits per heavy atom. The normalized spacial score (nSPS) is 9.18. The molecule has 0 amide bonds. The van der Waals surface area contributed by atoms with Crippen molar-refractivity contribution in [3.63, 3.8) is 0 Å². The molecule has 0 radical (unpaired) electrons. The smallest absolute Gasteiger partial charge is 0.0110 e. The summed E-state index contributed by atoms with van der Waals surface area (Å²) >= 11 is 3.01. The van der Waals surface area contributed by atoms with Gasteiger partial charge in [-0.1, -0.05) is 36.3 Å². The van der Waals surface area contributed by atoms with Gasteiger partial charge in [-0.25, -0.2) is 0 Å². The van der Waals surface area contributed by atoms with Crippen LogP contribution in [0.5, 0.6) is 0 Å². The van der Waals surface area contributed by atoms with Gasteiger partial charge in [0.15, 0.2) is 0 Å². The summed E-state index contributed by atoms with van der Waals surface area (Å²) in [5.74, 6) is 2.78. The number of allylic oxidation sites excluding steroid dienone is 1. The zero-order valence-corrected chi connectivity index (χ0v) is 7.51. The van der Waals surface area contributed by atoms with Crippen LogP contribution in [0.3, 0.4) is 0 Å². The van der Waals surface area contributed by atoms with Crippen LogP contribution in [0.2, 0.25) is 0 Å². The number of hydrogen-bond acceptors (Lipinski definition) is 0. The molecule has 0 nitrogen and oxygen atoms in total. The maximum Gasteiger partial charge on any atom is 0.0110 e. The monoisotopic (exact) mass is 206 g/mol. The fourth-order valence-electron chi connectivity index (χ4n) is 0.734. The summed E-state index contributed by atoms with van der Waals surface area (Å²) in [7, 11) is 0. The number of rotatable bonds is 1. The van der Waals surface area contributed by atoms with E-state index in [0.29, 0.717) is 0 Å². The van der Waals surface area contributed by atoms with Gasteiger partial charge in [0.2, 0.25) is 0 Å². The average Bonchev–Trinajstić information content (AvgIpc) is 2.07. The van der Waals surface area contributed by atoms with Crippen LogP contribution in [0.4, 0.5) is 0 Å². The second-order valence-corrected chi connectivity index (χ2v) is 2.38. The molecule has 1 heteroatoms. The molecule has 0 aromatic heterocycles. The SMILES string of the molecule is BrC#C/C=C/c1ccccc1. The molecular weight excluding hydrogens is 200 g/mol. The quantitative estimate of drug-likeness (QED) is 0.621. The summed E-state index contributed by atoms with van der Waals surface area (Å²) < 4.78 is 0. The third-order valence-corrected chi connectivity index (χ3v) is 1.44. The zero-order chi connectivity index (χ0) is 7.94. The molecule has 0 fully saturated rings. The lowest BCUT2D eigenvalue weighted by Gasteiger charge is -1.86. The highest BCUT2D eigenvalue weighted by atomic mass is 79.9. The Morgan fingerprint density at radius 2 is 1.91 bits per heavy atom. The van der Waals surface area contributed by atoms with Crippen molar-refractivity contribution in [3.05, 3.63) is 42.0 Å². The van der Waals surface area contributed by atoms with Crippen LogP contribution in [-0.4, -0.2) is 0 Å². The highest BCUT2D eigenvalue weighted by Gasteiger charge is 1.78. The van der Waals surface area contributed by atoms with E-state index < -0.39 is 0 Å². The van der Waals surface area contributed by atoms with Crippen molar-refractivity contribution in [1.29, 1.82) is 0 Å². The maximum atomic E-state index is 3.01. The van der Waals surface area contributed by atoms with Crippen LogP contribution in [0.25, 0.3) is 6.08 Å². The van der Waals surface area contributed by atoms with Crippen molar-refractivity contribution in [2.24, 2.45) is 0 Å². The third-order valence-electron chi connectivity index (χ3n) is 1.21. The summed E-state index contributed by atoms with van der Waals surface area (Å²) in [6, 6.07) is 10.1. The van der Waals surface area contributed by atoms with Gasteiger partial charge >= 0.3 is 0 Å². The Kier molecular flexibility index (Phi) is 3.51. The van der Waals surface area contributed by atoms with Crippen molar-refractivity contribution in [3.8, 4) is 10.8 Å². The van der Waals surface area contributed by atoms with Gasteiger partial charge in [0.1, 0.15) is 0 Å². The Balaban J connectivity index is 2.69. The molecule has 0 aliphatic carbocycles. The van der Waals surface area contributed by atoms with E-state index in [-0.39, 0.29) is 0 Å². The zero-order valence-electron chi connectivity index (χ0n) is 5.92. The fraction of sp³-hybridized carbons (Fsp3) is 0. The van der Waals surface area contributed by atoms with Crippen molar-refractivity contribution < 1.29 is 0 Å². The molecule has 0 aliphatic rings. The maximum absolute atomic E-state index is 3.01. The Labute approximate surface area is 75.1 Å². The van der Waals surface area contributed by atoms with E-state index in [2.05, 4.69) is 26.7 Å². The van der Waals surface area contributed by atoms with Crippen molar-refractivity contribution in [1.82, 2.24) is 0 Å². The first-order valence-electron chi connectivity index (χ1n) is 3.26. The Morgan fingerprint density at radius 3 is 2.55 bits per heavy atom. The Hall–Kier alpha value is -1.00. The fourth-order valence-corrected chi connectivity index (χ4v) is 0.866. The molecule has 0 bridgehead atoms. The van der Waals surface area contributed by atoms with Crippen molar-refractivity contribution in [2.45, 2.75) is 0 Å². The van der Waals surface area contributed by atoms with Gasteiger partial charge in [-0.15, -0.1) is 0 Å². The van der Waals surface area contributed by atoms with Crippen LogP contribution in [0.15, 0.2) is 36.4 Å². The third kappa shape index (κ3) is 3.06. The molecule has 54 valence electrons. The average molecular weight is 207 g/mol. The van der Waals surface area contributed by atoms with Gasteiger partial charge in [0.05, 0.1) is 0 Å². The first-order valence-corrected chi connectivity index (χ1v) is 4.05. The van der Waals surface area contributed by atoms with E-state index in [1.807, 2.05) is 42.5 Å². The minimum atomic E-state index is 1.17. The van der Waals surface area contributed by atoms with Crippen LogP contribution in [0.1, 0.15) is 5.56 Å². The summed E-state index contributed by atoms with van der Waals surface area (Å²) in [5, 5.41) is 0. The second-order valence-electron chi connectivity index (χ2n) is 1.98. The summed E-state index contributed by atoms with van der Waals surface area (Å²) in [6.45, 7) is 0. The van der Waals surface area contributed by atoms with Crippen LogP contribution in [0, 0.1) is 10.8 Å². The van der Waals surface area contributed by atoms with Crippen LogP contribution < -0.4 is 0 Å². The second kappa shape index (κ2) is 4.76. The highest BCUT2D eigenvalue weighted by molar-refractivity contribution is 9.12. The van der Waals surface area contributed by atoms with Gasteiger partial charge < -0.3 is 0 Å². The predicted octanol–water partition coefficient (Wildman–Crippen LogP) is 3.06. The molecule has 0 aliphatic heterocycles. The van der Waals surface area contributed by atoms with Gasteiger partial charge in [0, 0.05) is 15.9 Å². The lowest BCUT2D eigenvalue weighted by Crippen LogP contribution is -1.66. The first kappa shape index (κ1) is 8.10. The molecule has 0 N–H and O–H groups in total. The molecule has 0 atom stereocenters. The van der Waals surface area contributed by atoms with Gasteiger partial charge in [-0.2, -0.15) is 0 Å². The topological polar surface area (TPSA) is 0 Å². The number of hydrogen-bond donors (Lipinski definition) is 0.